The van der Waals surface area contributed by atoms with Gasteiger partial charge in [0.1, 0.15) is 0 Å². The molecule has 2 aliphatic rings. The first-order valence-corrected chi connectivity index (χ1v) is 7.01. The van der Waals surface area contributed by atoms with Gasteiger partial charge in [-0.1, -0.05) is 6.92 Å². The molecule has 4 heteroatoms. The lowest BCUT2D eigenvalue weighted by atomic mass is 10.0. The van der Waals surface area contributed by atoms with E-state index < -0.39 is 0 Å². The van der Waals surface area contributed by atoms with Gasteiger partial charge in [-0.15, -0.1) is 0 Å². The molecule has 2 unspecified atom stereocenters. The Balaban J connectivity index is 1.78. The Bertz CT molecular complexity index is 225. The fraction of sp³-hybridized carbons (Fsp3) is 1.00. The van der Waals surface area contributed by atoms with E-state index in [9.17, 15) is 0 Å². The topological polar surface area (TPSA) is 27.7 Å². The van der Waals surface area contributed by atoms with Gasteiger partial charge in [-0.05, 0) is 33.1 Å². The van der Waals surface area contributed by atoms with E-state index in [0.29, 0.717) is 12.0 Å². The number of rotatable bonds is 4. The third kappa shape index (κ3) is 3.91. The van der Waals surface area contributed by atoms with Gasteiger partial charge in [0.25, 0.3) is 0 Å². The molecule has 2 saturated heterocycles. The van der Waals surface area contributed by atoms with Crippen LogP contribution in [0.5, 0.6) is 0 Å². The zero-order valence-electron chi connectivity index (χ0n) is 11.3. The second-order valence-corrected chi connectivity index (χ2v) is 5.42. The Morgan fingerprint density at radius 3 is 2.88 bits per heavy atom. The molecule has 0 aliphatic carbocycles. The quantitative estimate of drug-likeness (QED) is 0.763. The first kappa shape index (κ1) is 13.3. The monoisotopic (exact) mass is 241 g/mol. The van der Waals surface area contributed by atoms with Crippen molar-refractivity contribution in [3.8, 4) is 0 Å². The minimum absolute atomic E-state index is 0.570. The summed E-state index contributed by atoms with van der Waals surface area (Å²) < 4.78 is 5.62. The molecule has 0 aromatic heterocycles. The Morgan fingerprint density at radius 2 is 2.06 bits per heavy atom. The van der Waals surface area contributed by atoms with Crippen molar-refractivity contribution < 1.29 is 4.74 Å². The normalized spacial score (nSPS) is 32.8. The Labute approximate surface area is 105 Å². The molecule has 0 radical (unpaired) electrons. The van der Waals surface area contributed by atoms with E-state index in [2.05, 4.69) is 29.1 Å². The number of ether oxygens (including phenoxy) is 1. The molecule has 2 fully saturated rings. The number of nitrogens with zero attached hydrogens (tertiary/aromatic N) is 2. The number of hydrogen-bond donors (Lipinski definition) is 1. The summed E-state index contributed by atoms with van der Waals surface area (Å²) in [6.07, 6.45) is 1.30. The Hall–Kier alpha value is -0.160. The molecule has 0 aromatic carbocycles. The lowest BCUT2D eigenvalue weighted by Gasteiger charge is -2.26. The zero-order valence-corrected chi connectivity index (χ0v) is 11.3. The second-order valence-electron chi connectivity index (χ2n) is 5.42. The molecule has 0 amide bonds. The maximum absolute atomic E-state index is 5.62. The van der Waals surface area contributed by atoms with E-state index in [0.717, 1.165) is 19.8 Å². The molecule has 0 spiro atoms. The Morgan fingerprint density at radius 1 is 1.18 bits per heavy atom. The van der Waals surface area contributed by atoms with Crippen molar-refractivity contribution in [1.82, 2.24) is 15.1 Å². The van der Waals surface area contributed by atoms with E-state index in [1.165, 1.54) is 39.1 Å². The smallest absolute Gasteiger partial charge is 0.0623 e. The molecule has 4 nitrogen and oxygen atoms in total. The van der Waals surface area contributed by atoms with Crippen LogP contribution in [0.25, 0.3) is 0 Å². The molecule has 2 aliphatic heterocycles. The van der Waals surface area contributed by atoms with Crippen molar-refractivity contribution in [2.45, 2.75) is 19.4 Å². The zero-order chi connectivity index (χ0) is 12.1. The van der Waals surface area contributed by atoms with Gasteiger partial charge in [-0.3, -0.25) is 0 Å². The standard InChI is InChI=1S/C13H27N3O/c1-3-14-13-11-17-10-12(13)9-16-6-4-5-15(2)7-8-16/h12-14H,3-11H2,1-2H3. The van der Waals surface area contributed by atoms with Crippen molar-refractivity contribution in [1.29, 1.82) is 0 Å². The van der Waals surface area contributed by atoms with Crippen LogP contribution in [0.1, 0.15) is 13.3 Å². The molecular formula is C13H27N3O. The van der Waals surface area contributed by atoms with Crippen molar-refractivity contribution in [3.05, 3.63) is 0 Å². The van der Waals surface area contributed by atoms with Crippen molar-refractivity contribution >= 4 is 0 Å². The predicted octanol–water partition coefficient (Wildman–Crippen LogP) is 0.248. The van der Waals surface area contributed by atoms with Crippen molar-refractivity contribution in [2.75, 3.05) is 59.5 Å². The highest BCUT2D eigenvalue weighted by Gasteiger charge is 2.29. The molecule has 17 heavy (non-hydrogen) atoms. The molecule has 0 aromatic rings. The van der Waals surface area contributed by atoms with Gasteiger partial charge in [-0.25, -0.2) is 0 Å². The van der Waals surface area contributed by atoms with Crippen molar-refractivity contribution in [2.24, 2.45) is 5.92 Å². The minimum atomic E-state index is 0.570. The maximum atomic E-state index is 5.62. The number of likely N-dealkylation sites (N-methyl/N-ethyl adjacent to an activating group) is 2. The van der Waals surface area contributed by atoms with Gasteiger partial charge < -0.3 is 19.9 Å². The van der Waals surface area contributed by atoms with Crippen LogP contribution in [-0.4, -0.2) is 75.4 Å². The van der Waals surface area contributed by atoms with Crippen LogP contribution in [0.3, 0.4) is 0 Å². The summed E-state index contributed by atoms with van der Waals surface area (Å²) in [5.41, 5.74) is 0. The van der Waals surface area contributed by atoms with Crippen LogP contribution in [0.4, 0.5) is 0 Å². The highest BCUT2D eigenvalue weighted by atomic mass is 16.5. The van der Waals surface area contributed by atoms with Gasteiger partial charge >= 0.3 is 0 Å². The molecule has 1 N–H and O–H groups in total. The molecule has 2 rings (SSSR count). The molecule has 0 saturated carbocycles. The SMILES string of the molecule is CCNC1COCC1CN1CCCN(C)CC1. The molecule has 2 atom stereocenters. The fourth-order valence-electron chi connectivity index (χ4n) is 2.88. The predicted molar refractivity (Wildman–Crippen MR) is 70.3 cm³/mol. The van der Waals surface area contributed by atoms with E-state index >= 15 is 0 Å². The van der Waals surface area contributed by atoms with E-state index in [4.69, 9.17) is 4.74 Å². The van der Waals surface area contributed by atoms with Crippen LogP contribution in [0, 0.1) is 5.92 Å². The third-order valence-electron chi connectivity index (χ3n) is 3.97. The van der Waals surface area contributed by atoms with Crippen LogP contribution in [0.15, 0.2) is 0 Å². The summed E-state index contributed by atoms with van der Waals surface area (Å²) in [7, 11) is 2.23. The maximum Gasteiger partial charge on any atom is 0.0623 e. The highest BCUT2D eigenvalue weighted by molar-refractivity contribution is 4.84. The second kappa shape index (κ2) is 6.69. The summed E-state index contributed by atoms with van der Waals surface area (Å²) in [6.45, 7) is 11.2. The average Bonchev–Trinajstić information content (AvgIpc) is 2.63. The summed E-state index contributed by atoms with van der Waals surface area (Å²) in [5.74, 6) is 0.679. The largest absolute Gasteiger partial charge is 0.379 e. The van der Waals surface area contributed by atoms with Crippen molar-refractivity contribution in [3.63, 3.8) is 0 Å². The summed E-state index contributed by atoms with van der Waals surface area (Å²) >= 11 is 0. The van der Waals surface area contributed by atoms with Crippen LogP contribution in [0.2, 0.25) is 0 Å². The first-order valence-electron chi connectivity index (χ1n) is 7.01. The summed E-state index contributed by atoms with van der Waals surface area (Å²) in [6, 6.07) is 0.570. The van der Waals surface area contributed by atoms with Gasteiger partial charge in [0.2, 0.25) is 0 Å². The Kier molecular flexibility index (Phi) is 5.22. The lowest BCUT2D eigenvalue weighted by molar-refractivity contribution is 0.168. The molecule has 2 heterocycles. The average molecular weight is 241 g/mol. The minimum Gasteiger partial charge on any atom is -0.379 e. The molecule has 0 bridgehead atoms. The van der Waals surface area contributed by atoms with E-state index in [1.807, 2.05) is 0 Å². The first-order chi connectivity index (χ1) is 8.29. The number of nitrogens with one attached hydrogen (secondary N) is 1. The van der Waals surface area contributed by atoms with Crippen LogP contribution >= 0.6 is 0 Å². The fourth-order valence-corrected chi connectivity index (χ4v) is 2.88. The van der Waals surface area contributed by atoms with Crippen LogP contribution in [-0.2, 0) is 4.74 Å². The third-order valence-corrected chi connectivity index (χ3v) is 3.97. The van der Waals surface area contributed by atoms with E-state index in [1.54, 1.807) is 0 Å². The molecule has 100 valence electrons. The van der Waals surface area contributed by atoms with Crippen LogP contribution < -0.4 is 5.32 Å². The van der Waals surface area contributed by atoms with E-state index in [-0.39, 0.29) is 0 Å². The van der Waals surface area contributed by atoms with Gasteiger partial charge in [0.05, 0.1) is 13.2 Å². The lowest BCUT2D eigenvalue weighted by Crippen LogP contribution is -2.42. The van der Waals surface area contributed by atoms with Gasteiger partial charge in [-0.2, -0.15) is 0 Å². The summed E-state index contributed by atoms with van der Waals surface area (Å²) in [5, 5.41) is 3.55. The molecular weight excluding hydrogens is 214 g/mol. The van der Waals surface area contributed by atoms with Gasteiger partial charge in [0.15, 0.2) is 0 Å². The number of hydrogen-bond acceptors (Lipinski definition) is 4. The summed E-state index contributed by atoms with van der Waals surface area (Å²) in [4.78, 5) is 5.06. The highest BCUT2D eigenvalue weighted by Crippen LogP contribution is 2.16. The van der Waals surface area contributed by atoms with Gasteiger partial charge in [0, 0.05) is 31.6 Å².